The van der Waals surface area contributed by atoms with E-state index in [1.165, 1.54) is 398 Å². The van der Waals surface area contributed by atoms with Crippen molar-refractivity contribution in [3.63, 3.8) is 0 Å². The van der Waals surface area contributed by atoms with E-state index < -0.39 is 12.1 Å². The Balaban J connectivity index is 3.38. The zero-order valence-electron chi connectivity index (χ0n) is 61.9. The predicted molar refractivity (Wildman–Crippen MR) is 403 cm³/mol. The van der Waals surface area contributed by atoms with E-state index in [0.717, 1.165) is 44.9 Å². The maximum atomic E-state index is 12.6. The van der Waals surface area contributed by atoms with Crippen molar-refractivity contribution < 1.29 is 24.5 Å². The van der Waals surface area contributed by atoms with Gasteiger partial charge in [-0.1, -0.05) is 410 Å². The van der Waals surface area contributed by atoms with Crippen LogP contribution in [0.25, 0.3) is 0 Å². The summed E-state index contributed by atoms with van der Waals surface area (Å²) in [6.07, 6.45) is 106. The molecule has 0 saturated heterocycles. The van der Waals surface area contributed by atoms with Crippen LogP contribution in [0.2, 0.25) is 0 Å². The fourth-order valence-corrected chi connectivity index (χ4v) is 13.3. The molecule has 0 aliphatic heterocycles. The molecule has 1 amide bonds. The van der Waals surface area contributed by atoms with Crippen molar-refractivity contribution in [2.75, 3.05) is 13.2 Å². The van der Waals surface area contributed by atoms with E-state index in [4.69, 9.17) is 4.74 Å². The molecule has 0 heterocycles. The summed E-state index contributed by atoms with van der Waals surface area (Å²) >= 11 is 0. The number of nitrogens with one attached hydrogen (secondary N) is 1. The Morgan fingerprint density at radius 3 is 0.780 bits per heavy atom. The maximum Gasteiger partial charge on any atom is 0.305 e. The molecule has 0 aromatic rings. The Labute approximate surface area is 570 Å². The minimum absolute atomic E-state index is 0.0155. The van der Waals surface area contributed by atoms with Gasteiger partial charge in [-0.3, -0.25) is 9.59 Å². The van der Waals surface area contributed by atoms with E-state index in [0.29, 0.717) is 19.4 Å². The van der Waals surface area contributed by atoms with Crippen molar-refractivity contribution in [3.05, 3.63) is 36.5 Å². The number of amides is 1. The largest absolute Gasteiger partial charge is 0.466 e. The molecule has 0 saturated carbocycles. The van der Waals surface area contributed by atoms with Crippen molar-refractivity contribution in [1.29, 1.82) is 0 Å². The zero-order valence-corrected chi connectivity index (χ0v) is 61.9. The summed E-state index contributed by atoms with van der Waals surface area (Å²) in [6, 6.07) is -0.628. The molecule has 6 heteroatoms. The molecule has 0 spiro atoms. The number of ether oxygens (including phenoxy) is 1. The van der Waals surface area contributed by atoms with Crippen LogP contribution in [0.4, 0.5) is 0 Å². The topological polar surface area (TPSA) is 95.9 Å². The molecule has 0 aliphatic rings. The molecule has 0 fully saturated rings. The lowest BCUT2D eigenvalue weighted by Crippen LogP contribution is -2.45. The van der Waals surface area contributed by atoms with E-state index in [2.05, 4.69) is 43.5 Å². The molecule has 0 bridgehead atoms. The molecule has 0 aliphatic carbocycles. The average Bonchev–Trinajstić information content (AvgIpc) is 3.66. The third-order valence-electron chi connectivity index (χ3n) is 19.6. The quantitative estimate of drug-likeness (QED) is 0.0320. The molecule has 0 aromatic heterocycles. The number of aliphatic hydroxyl groups excluding tert-OH is 2. The molecule has 6 nitrogen and oxygen atoms in total. The monoisotopic (exact) mass is 1280 g/mol. The van der Waals surface area contributed by atoms with Crippen LogP contribution in [0.5, 0.6) is 0 Å². The normalized spacial score (nSPS) is 12.6. The van der Waals surface area contributed by atoms with Crippen LogP contribution < -0.4 is 5.32 Å². The summed E-state index contributed by atoms with van der Waals surface area (Å²) < 4.78 is 5.51. The van der Waals surface area contributed by atoms with E-state index >= 15 is 0 Å². The molecule has 538 valence electrons. The highest BCUT2D eigenvalue weighted by molar-refractivity contribution is 5.76. The number of esters is 1. The van der Waals surface area contributed by atoms with Gasteiger partial charge in [-0.05, 0) is 83.5 Å². The molecule has 91 heavy (non-hydrogen) atoms. The van der Waals surface area contributed by atoms with Gasteiger partial charge < -0.3 is 20.3 Å². The molecular formula is C85H163NO5. The van der Waals surface area contributed by atoms with Crippen LogP contribution in [0.1, 0.15) is 470 Å². The SMILES string of the molecule is CCCCCCCC/C=C\CCCCCCCCCC(=O)OCCCCCCCCCCCCCC/C=C\CCCCCCCCCCCCCCCCCCC(=O)NC(CO)C(O)/C=C/CCCCCCCCCCCCCCCCCCCCCCCCC. The smallest absolute Gasteiger partial charge is 0.305 e. The summed E-state index contributed by atoms with van der Waals surface area (Å²) in [5.74, 6) is -0.0444. The molecular weight excluding hydrogens is 1110 g/mol. The van der Waals surface area contributed by atoms with E-state index in [1.54, 1.807) is 6.08 Å². The van der Waals surface area contributed by atoms with Gasteiger partial charge in [-0.2, -0.15) is 0 Å². The number of hydrogen-bond donors (Lipinski definition) is 3. The molecule has 2 atom stereocenters. The summed E-state index contributed by atoms with van der Waals surface area (Å²) in [6.45, 7) is 4.95. The number of unbranched alkanes of at least 4 members (excludes halogenated alkanes) is 64. The van der Waals surface area contributed by atoms with Crippen molar-refractivity contribution in [2.45, 2.75) is 482 Å². The molecule has 0 aromatic carbocycles. The lowest BCUT2D eigenvalue weighted by atomic mass is 10.0. The van der Waals surface area contributed by atoms with Gasteiger partial charge in [0, 0.05) is 12.8 Å². The van der Waals surface area contributed by atoms with Crippen LogP contribution >= 0.6 is 0 Å². The Bertz CT molecular complexity index is 1470. The van der Waals surface area contributed by atoms with Crippen molar-refractivity contribution >= 4 is 11.9 Å². The zero-order chi connectivity index (χ0) is 65.6. The number of carbonyl (C=O) groups excluding carboxylic acids is 2. The van der Waals surface area contributed by atoms with Gasteiger partial charge >= 0.3 is 5.97 Å². The minimum Gasteiger partial charge on any atom is -0.466 e. The van der Waals surface area contributed by atoms with E-state index in [-0.39, 0.29) is 18.5 Å². The number of allylic oxidation sites excluding steroid dienone is 5. The summed E-state index contributed by atoms with van der Waals surface area (Å²) in [4.78, 5) is 24.7. The third-order valence-corrected chi connectivity index (χ3v) is 19.6. The standard InChI is InChI=1S/C85H163NO5/c1-3-5-7-9-11-13-15-17-19-21-22-23-24-33-36-39-42-46-49-53-57-61-65-69-73-77-83(88)82(81-87)86-84(89)78-74-70-66-62-58-54-50-47-43-40-37-34-31-29-27-25-26-28-30-32-35-38-41-44-48-52-56-60-64-68-72-76-80-91-85(90)79-75-71-67-63-59-55-51-45-20-18-16-14-12-10-8-6-4-2/h18,20,28,30,73,77,82-83,87-88H,3-17,19,21-27,29,31-72,74-76,78-81H2,1-2H3,(H,86,89)/b20-18-,30-28-,77-73+. The second kappa shape index (κ2) is 80.5. The van der Waals surface area contributed by atoms with Gasteiger partial charge in [0.25, 0.3) is 0 Å². The first-order chi connectivity index (χ1) is 45.0. The Morgan fingerprint density at radius 2 is 0.516 bits per heavy atom. The maximum absolute atomic E-state index is 12.6. The molecule has 0 radical (unpaired) electrons. The Kier molecular flexibility index (Phi) is 78.8. The lowest BCUT2D eigenvalue weighted by Gasteiger charge is -2.20. The van der Waals surface area contributed by atoms with Gasteiger partial charge in [0.1, 0.15) is 0 Å². The minimum atomic E-state index is -0.845. The third kappa shape index (κ3) is 77.0. The first-order valence-corrected chi connectivity index (χ1v) is 41.8. The molecule has 0 rings (SSSR count). The van der Waals surface area contributed by atoms with Crippen LogP contribution in [-0.2, 0) is 14.3 Å². The number of carbonyl (C=O) groups is 2. The van der Waals surface area contributed by atoms with Crippen molar-refractivity contribution in [2.24, 2.45) is 0 Å². The first kappa shape index (κ1) is 89.1. The molecule has 3 N–H and O–H groups in total. The first-order valence-electron chi connectivity index (χ1n) is 41.8. The highest BCUT2D eigenvalue weighted by Gasteiger charge is 2.18. The van der Waals surface area contributed by atoms with Gasteiger partial charge in [0.2, 0.25) is 5.91 Å². The predicted octanol–water partition coefficient (Wildman–Crippen LogP) is 27.8. The highest BCUT2D eigenvalue weighted by atomic mass is 16.5. The number of rotatable bonds is 79. The Hall–Kier alpha value is -1.92. The second-order valence-electron chi connectivity index (χ2n) is 28.8. The summed E-state index contributed by atoms with van der Waals surface area (Å²) in [7, 11) is 0. The average molecular weight is 1280 g/mol. The van der Waals surface area contributed by atoms with Crippen LogP contribution in [0, 0.1) is 0 Å². The highest BCUT2D eigenvalue weighted by Crippen LogP contribution is 2.20. The van der Waals surface area contributed by atoms with Crippen LogP contribution in [0.15, 0.2) is 36.5 Å². The van der Waals surface area contributed by atoms with Gasteiger partial charge in [0.05, 0.1) is 25.4 Å². The van der Waals surface area contributed by atoms with E-state index in [9.17, 15) is 19.8 Å². The fraction of sp³-hybridized carbons (Fsp3) is 0.906. The van der Waals surface area contributed by atoms with Gasteiger partial charge in [-0.25, -0.2) is 0 Å². The second-order valence-corrected chi connectivity index (χ2v) is 28.8. The Morgan fingerprint density at radius 1 is 0.297 bits per heavy atom. The number of aliphatic hydroxyl groups is 2. The van der Waals surface area contributed by atoms with Crippen molar-refractivity contribution in [1.82, 2.24) is 5.32 Å². The van der Waals surface area contributed by atoms with Gasteiger partial charge in [0.15, 0.2) is 0 Å². The fourth-order valence-electron chi connectivity index (χ4n) is 13.3. The number of hydrogen-bond acceptors (Lipinski definition) is 5. The van der Waals surface area contributed by atoms with Crippen LogP contribution in [0.3, 0.4) is 0 Å². The lowest BCUT2D eigenvalue weighted by molar-refractivity contribution is -0.143. The van der Waals surface area contributed by atoms with E-state index in [1.807, 2.05) is 6.08 Å². The van der Waals surface area contributed by atoms with Crippen LogP contribution in [-0.4, -0.2) is 47.4 Å². The summed E-state index contributed by atoms with van der Waals surface area (Å²) in [5, 5.41) is 23.3. The van der Waals surface area contributed by atoms with Gasteiger partial charge in [-0.15, -0.1) is 0 Å². The molecule has 2 unspecified atom stereocenters. The summed E-state index contributed by atoms with van der Waals surface area (Å²) in [5.41, 5.74) is 0. The van der Waals surface area contributed by atoms with Crippen molar-refractivity contribution in [3.8, 4) is 0 Å².